The molecule has 1 aliphatic heterocycles. The Morgan fingerprint density at radius 2 is 1.55 bits per heavy atom. The normalized spacial score (nSPS) is 18.6. The van der Waals surface area contributed by atoms with Gasteiger partial charge in [0.1, 0.15) is 4.90 Å². The van der Waals surface area contributed by atoms with E-state index >= 15 is 0 Å². The molecule has 1 aliphatic rings. The van der Waals surface area contributed by atoms with E-state index in [4.69, 9.17) is 23.2 Å². The van der Waals surface area contributed by atoms with E-state index in [1.54, 1.807) is 18.2 Å². The summed E-state index contributed by atoms with van der Waals surface area (Å²) in [7, 11) is -3.63. The van der Waals surface area contributed by atoms with Crippen molar-refractivity contribution in [2.75, 3.05) is 26.2 Å². The zero-order valence-corrected chi connectivity index (χ0v) is 13.8. The summed E-state index contributed by atoms with van der Waals surface area (Å²) in [5.41, 5.74) is 0. The maximum Gasteiger partial charge on any atom is 0.246 e. The Hall–Kier alpha value is -0.330. The van der Waals surface area contributed by atoms with Crippen LogP contribution in [0.5, 0.6) is 0 Å². The summed E-state index contributed by atoms with van der Waals surface area (Å²) in [6.07, 6.45) is 0. The van der Waals surface area contributed by atoms with Crippen LogP contribution in [0.2, 0.25) is 10.0 Å². The minimum absolute atomic E-state index is 0.0151. The van der Waals surface area contributed by atoms with Crippen LogP contribution in [0.25, 0.3) is 0 Å². The van der Waals surface area contributed by atoms with Crippen molar-refractivity contribution in [1.82, 2.24) is 9.21 Å². The Bertz CT molecular complexity index is 562. The number of piperazine rings is 1. The molecule has 0 amide bonds. The lowest BCUT2D eigenvalue weighted by Gasteiger charge is -2.36. The lowest BCUT2D eigenvalue weighted by atomic mass is 10.3. The Labute approximate surface area is 130 Å². The fourth-order valence-electron chi connectivity index (χ4n) is 2.32. The van der Waals surface area contributed by atoms with E-state index in [9.17, 15) is 8.42 Å². The van der Waals surface area contributed by atoms with Gasteiger partial charge in [0.05, 0.1) is 10.0 Å². The molecule has 2 rings (SSSR count). The van der Waals surface area contributed by atoms with E-state index in [0.29, 0.717) is 19.1 Å². The van der Waals surface area contributed by atoms with Gasteiger partial charge in [-0.3, -0.25) is 4.90 Å². The Balaban J connectivity index is 2.25. The van der Waals surface area contributed by atoms with Crippen LogP contribution in [-0.2, 0) is 10.0 Å². The smallest absolute Gasteiger partial charge is 0.246 e. The molecule has 0 unspecified atom stereocenters. The number of hydrogen-bond acceptors (Lipinski definition) is 3. The quantitative estimate of drug-likeness (QED) is 0.852. The second-order valence-corrected chi connectivity index (χ2v) is 7.77. The van der Waals surface area contributed by atoms with Gasteiger partial charge >= 0.3 is 0 Å². The van der Waals surface area contributed by atoms with E-state index in [-0.39, 0.29) is 14.9 Å². The van der Waals surface area contributed by atoms with Gasteiger partial charge in [-0.1, -0.05) is 29.3 Å². The molecule has 0 atom stereocenters. The summed E-state index contributed by atoms with van der Waals surface area (Å²) >= 11 is 12.0. The van der Waals surface area contributed by atoms with Crippen LogP contribution in [0.4, 0.5) is 0 Å². The van der Waals surface area contributed by atoms with Gasteiger partial charge in [-0.15, -0.1) is 0 Å². The molecule has 4 nitrogen and oxygen atoms in total. The topological polar surface area (TPSA) is 40.6 Å². The van der Waals surface area contributed by atoms with Gasteiger partial charge in [0.15, 0.2) is 0 Å². The summed E-state index contributed by atoms with van der Waals surface area (Å²) in [5.74, 6) is 0. The van der Waals surface area contributed by atoms with Gasteiger partial charge in [-0.25, -0.2) is 8.42 Å². The van der Waals surface area contributed by atoms with Crippen molar-refractivity contribution in [1.29, 1.82) is 0 Å². The number of sulfonamides is 1. The number of nitrogens with zero attached hydrogens (tertiary/aromatic N) is 2. The molecule has 1 aromatic carbocycles. The number of rotatable bonds is 3. The van der Waals surface area contributed by atoms with E-state index in [2.05, 4.69) is 18.7 Å². The van der Waals surface area contributed by atoms with E-state index in [0.717, 1.165) is 13.1 Å². The Morgan fingerprint density at radius 3 is 2.00 bits per heavy atom. The summed E-state index contributed by atoms with van der Waals surface area (Å²) in [6, 6.07) is 5.15. The summed E-state index contributed by atoms with van der Waals surface area (Å²) < 4.78 is 26.7. The first-order chi connectivity index (χ1) is 9.34. The third-order valence-electron chi connectivity index (χ3n) is 3.52. The van der Waals surface area contributed by atoms with Crippen molar-refractivity contribution < 1.29 is 8.42 Å². The molecule has 0 bridgehead atoms. The highest BCUT2D eigenvalue weighted by Crippen LogP contribution is 2.31. The van der Waals surface area contributed by atoms with Gasteiger partial charge in [-0.05, 0) is 26.0 Å². The van der Waals surface area contributed by atoms with Crippen molar-refractivity contribution >= 4 is 33.2 Å². The maximum atomic E-state index is 12.6. The molecule has 0 saturated carbocycles. The molecular weight excluding hydrogens is 319 g/mol. The molecule has 1 saturated heterocycles. The second-order valence-electron chi connectivity index (χ2n) is 5.08. The molecule has 7 heteroatoms. The molecule has 1 heterocycles. The molecule has 1 aromatic rings. The highest BCUT2D eigenvalue weighted by atomic mass is 35.5. The molecule has 0 aromatic heterocycles. The van der Waals surface area contributed by atoms with Crippen LogP contribution in [0, 0.1) is 0 Å². The molecule has 0 radical (unpaired) electrons. The second kappa shape index (κ2) is 6.20. The highest BCUT2D eigenvalue weighted by Gasteiger charge is 2.32. The fourth-order valence-corrected chi connectivity index (χ4v) is 4.83. The van der Waals surface area contributed by atoms with Crippen molar-refractivity contribution in [3.8, 4) is 0 Å². The maximum absolute atomic E-state index is 12.6. The monoisotopic (exact) mass is 336 g/mol. The largest absolute Gasteiger partial charge is 0.298 e. The van der Waals surface area contributed by atoms with Crippen LogP contribution in [0.3, 0.4) is 0 Å². The Kier molecular flexibility index (Phi) is 4.97. The third-order valence-corrected chi connectivity index (χ3v) is 6.38. The average molecular weight is 337 g/mol. The van der Waals surface area contributed by atoms with Crippen LogP contribution in [0.15, 0.2) is 23.1 Å². The van der Waals surface area contributed by atoms with E-state index < -0.39 is 10.0 Å². The first-order valence-corrected chi connectivity index (χ1v) is 8.72. The van der Waals surface area contributed by atoms with Crippen molar-refractivity contribution in [2.24, 2.45) is 0 Å². The number of hydrogen-bond donors (Lipinski definition) is 0. The van der Waals surface area contributed by atoms with Crippen molar-refractivity contribution in [3.63, 3.8) is 0 Å². The van der Waals surface area contributed by atoms with Crippen molar-refractivity contribution in [3.05, 3.63) is 28.2 Å². The predicted molar refractivity (Wildman–Crippen MR) is 81.9 cm³/mol. The molecule has 0 spiro atoms. The number of benzene rings is 1. The molecular formula is C13H18Cl2N2O2S. The molecule has 112 valence electrons. The minimum Gasteiger partial charge on any atom is -0.298 e. The van der Waals surface area contributed by atoms with Crippen LogP contribution in [0.1, 0.15) is 13.8 Å². The molecule has 0 aliphatic carbocycles. The predicted octanol–water partition coefficient (Wildman–Crippen LogP) is 2.71. The van der Waals surface area contributed by atoms with Gasteiger partial charge < -0.3 is 0 Å². The van der Waals surface area contributed by atoms with E-state index in [1.807, 2.05) is 0 Å². The highest BCUT2D eigenvalue weighted by molar-refractivity contribution is 7.89. The van der Waals surface area contributed by atoms with E-state index in [1.165, 1.54) is 4.31 Å². The van der Waals surface area contributed by atoms with Crippen LogP contribution < -0.4 is 0 Å². The molecule has 0 N–H and O–H groups in total. The van der Waals surface area contributed by atoms with Gasteiger partial charge in [0.2, 0.25) is 10.0 Å². The lowest BCUT2D eigenvalue weighted by molar-refractivity contribution is 0.154. The van der Waals surface area contributed by atoms with Gasteiger partial charge in [-0.2, -0.15) is 4.31 Å². The first kappa shape index (κ1) is 16.0. The summed E-state index contributed by atoms with van der Waals surface area (Å²) in [4.78, 5) is 2.27. The van der Waals surface area contributed by atoms with Crippen molar-refractivity contribution in [2.45, 2.75) is 24.8 Å². The van der Waals surface area contributed by atoms with Crippen LogP contribution >= 0.6 is 23.2 Å². The lowest BCUT2D eigenvalue weighted by Crippen LogP contribution is -2.50. The third kappa shape index (κ3) is 3.12. The molecule has 20 heavy (non-hydrogen) atoms. The minimum atomic E-state index is -3.63. The summed E-state index contributed by atoms with van der Waals surface area (Å²) in [6.45, 7) is 6.58. The van der Waals surface area contributed by atoms with Gasteiger partial charge in [0, 0.05) is 32.2 Å². The first-order valence-electron chi connectivity index (χ1n) is 6.52. The molecule has 1 fully saturated rings. The number of halogens is 2. The van der Waals surface area contributed by atoms with Gasteiger partial charge in [0.25, 0.3) is 0 Å². The SMILES string of the molecule is CC(C)N1CCN(S(=O)(=O)c2c(Cl)cccc2Cl)CC1. The average Bonchev–Trinajstić information content (AvgIpc) is 2.38. The van der Waals surface area contributed by atoms with Crippen LogP contribution in [-0.4, -0.2) is 49.8 Å². The fraction of sp³-hybridized carbons (Fsp3) is 0.538. The zero-order valence-electron chi connectivity index (χ0n) is 11.5. The zero-order chi connectivity index (χ0) is 14.9. The Morgan fingerprint density at radius 1 is 1.05 bits per heavy atom. The summed E-state index contributed by atoms with van der Waals surface area (Å²) in [5, 5.41) is 0.340. The standard InChI is InChI=1S/C13H18Cl2N2O2S/c1-10(2)16-6-8-17(9-7-16)20(18,19)13-11(14)4-3-5-12(13)15/h3-5,10H,6-9H2,1-2H3.